The topological polar surface area (TPSA) is 66.2 Å². The minimum atomic E-state index is -0.384. The minimum Gasteiger partial charge on any atom is -0.495 e. The van der Waals surface area contributed by atoms with Crippen molar-refractivity contribution in [2.24, 2.45) is 0 Å². The summed E-state index contributed by atoms with van der Waals surface area (Å²) in [6, 6.07) is 23.3. The van der Waals surface area contributed by atoms with Crippen molar-refractivity contribution in [3.8, 4) is 17.1 Å². The molecule has 1 unspecified atom stereocenters. The molecule has 0 spiro atoms. The van der Waals surface area contributed by atoms with Crippen LogP contribution < -0.4 is 15.1 Å². The van der Waals surface area contributed by atoms with Gasteiger partial charge in [-0.2, -0.15) is 0 Å². The molecule has 7 nitrogen and oxygen atoms in total. The van der Waals surface area contributed by atoms with E-state index in [1.165, 1.54) is 0 Å². The number of rotatable bonds is 6. The molecular formula is C31H33N3O4. The maximum absolute atomic E-state index is 13.5. The average molecular weight is 512 g/mol. The summed E-state index contributed by atoms with van der Waals surface area (Å²) in [7, 11) is 3.50. The number of piperazine rings is 1. The second-order valence-electron chi connectivity index (χ2n) is 9.67. The molecular weight excluding hydrogens is 478 g/mol. The summed E-state index contributed by atoms with van der Waals surface area (Å²) >= 11 is 0. The third kappa shape index (κ3) is 4.65. The fraction of sp³-hybridized carbons (Fsp3) is 0.290. The largest absolute Gasteiger partial charge is 0.495 e. The number of para-hydroxylation sites is 3. The van der Waals surface area contributed by atoms with Crippen molar-refractivity contribution in [1.82, 2.24) is 9.80 Å². The predicted octanol–water partition coefficient (Wildman–Crippen LogP) is 5.08. The maximum Gasteiger partial charge on any atom is 0.220 e. The van der Waals surface area contributed by atoms with Crippen molar-refractivity contribution in [2.45, 2.75) is 20.0 Å². The summed E-state index contributed by atoms with van der Waals surface area (Å²) < 4.78 is 12.1. The highest BCUT2D eigenvalue weighted by Gasteiger charge is 2.32. The van der Waals surface area contributed by atoms with Crippen molar-refractivity contribution in [1.29, 1.82) is 0 Å². The summed E-state index contributed by atoms with van der Waals surface area (Å²) in [5.41, 5.74) is 3.75. The standard InChI is InChI=1S/C31H33N3O4/c1-21-28(36)24-13-10-14-25(30(24)38-29(21)23-11-6-5-7-12-23)31(32(3)22(2)35)34-19-17-33(18-20-34)26-15-8-9-16-27(26)37-4/h5-16,31H,17-20H2,1-4H3. The van der Waals surface area contributed by atoms with Crippen LogP contribution >= 0.6 is 0 Å². The Kier molecular flexibility index (Phi) is 7.20. The average Bonchev–Trinajstić information content (AvgIpc) is 2.96. The van der Waals surface area contributed by atoms with Gasteiger partial charge >= 0.3 is 0 Å². The lowest BCUT2D eigenvalue weighted by Gasteiger charge is -2.43. The van der Waals surface area contributed by atoms with Gasteiger partial charge in [-0.1, -0.05) is 54.6 Å². The molecule has 0 radical (unpaired) electrons. The molecule has 38 heavy (non-hydrogen) atoms. The summed E-state index contributed by atoms with van der Waals surface area (Å²) in [5, 5.41) is 0.522. The molecule has 1 aliphatic rings. The molecule has 2 heterocycles. The van der Waals surface area contributed by atoms with E-state index in [9.17, 15) is 9.59 Å². The van der Waals surface area contributed by atoms with Gasteiger partial charge in [-0.3, -0.25) is 14.5 Å². The first-order valence-electron chi connectivity index (χ1n) is 12.9. The Labute approximate surface area is 222 Å². The van der Waals surface area contributed by atoms with Crippen molar-refractivity contribution < 1.29 is 13.9 Å². The fourth-order valence-electron chi connectivity index (χ4n) is 5.32. The van der Waals surface area contributed by atoms with Gasteiger partial charge in [-0.15, -0.1) is 0 Å². The molecule has 1 amide bonds. The molecule has 0 N–H and O–H groups in total. The van der Waals surface area contributed by atoms with Crippen LogP contribution in [0.25, 0.3) is 22.3 Å². The maximum atomic E-state index is 13.5. The number of ether oxygens (including phenoxy) is 1. The van der Waals surface area contributed by atoms with E-state index in [2.05, 4.69) is 15.9 Å². The number of methoxy groups -OCH3 is 1. The van der Waals surface area contributed by atoms with Crippen LogP contribution in [0.1, 0.15) is 24.2 Å². The highest BCUT2D eigenvalue weighted by atomic mass is 16.5. The summed E-state index contributed by atoms with van der Waals surface area (Å²) in [6.45, 7) is 6.35. The molecule has 196 valence electrons. The number of amides is 1. The van der Waals surface area contributed by atoms with Crippen LogP contribution in [0.4, 0.5) is 5.69 Å². The lowest BCUT2D eigenvalue weighted by atomic mass is 10.0. The van der Waals surface area contributed by atoms with E-state index in [4.69, 9.17) is 9.15 Å². The number of hydrogen-bond donors (Lipinski definition) is 0. The van der Waals surface area contributed by atoms with Crippen LogP contribution in [0.3, 0.4) is 0 Å². The van der Waals surface area contributed by atoms with Crippen molar-refractivity contribution >= 4 is 22.6 Å². The van der Waals surface area contributed by atoms with E-state index >= 15 is 0 Å². The van der Waals surface area contributed by atoms with Crippen LogP contribution in [-0.4, -0.2) is 56.0 Å². The second-order valence-corrected chi connectivity index (χ2v) is 9.67. The number of benzene rings is 3. The highest BCUT2D eigenvalue weighted by molar-refractivity contribution is 5.84. The monoisotopic (exact) mass is 511 g/mol. The molecule has 1 aromatic heterocycles. The van der Waals surface area contributed by atoms with Gasteiger partial charge in [0.05, 0.1) is 18.2 Å². The van der Waals surface area contributed by atoms with Gasteiger partial charge in [0.25, 0.3) is 0 Å². The Hall–Kier alpha value is -4.10. The number of carbonyl (C=O) groups is 1. The Balaban J connectivity index is 1.56. The van der Waals surface area contributed by atoms with Gasteiger partial charge in [0.1, 0.15) is 23.3 Å². The molecule has 1 aliphatic heterocycles. The van der Waals surface area contributed by atoms with E-state index in [0.717, 1.165) is 48.7 Å². The fourth-order valence-corrected chi connectivity index (χ4v) is 5.32. The van der Waals surface area contributed by atoms with Crippen molar-refractivity contribution in [2.75, 3.05) is 45.2 Å². The molecule has 7 heteroatoms. The molecule has 0 aliphatic carbocycles. The predicted molar refractivity (Wildman–Crippen MR) is 151 cm³/mol. The summed E-state index contributed by atoms with van der Waals surface area (Å²) in [6.07, 6.45) is -0.384. The van der Waals surface area contributed by atoms with Crippen LogP contribution in [-0.2, 0) is 4.79 Å². The van der Waals surface area contributed by atoms with E-state index in [1.54, 1.807) is 31.9 Å². The van der Waals surface area contributed by atoms with Crippen molar-refractivity contribution in [3.63, 3.8) is 0 Å². The van der Waals surface area contributed by atoms with Crippen LogP contribution in [0.2, 0.25) is 0 Å². The number of nitrogens with zero attached hydrogens (tertiary/aromatic N) is 3. The van der Waals surface area contributed by atoms with Gasteiger partial charge in [-0.25, -0.2) is 0 Å². The lowest BCUT2D eigenvalue weighted by Crippen LogP contribution is -2.52. The molecule has 4 aromatic rings. The third-order valence-electron chi connectivity index (χ3n) is 7.44. The number of fused-ring (bicyclic) bond motifs is 1. The summed E-state index contributed by atoms with van der Waals surface area (Å²) in [5.74, 6) is 1.34. The molecule has 1 fully saturated rings. The molecule has 1 saturated heterocycles. The smallest absolute Gasteiger partial charge is 0.220 e. The normalized spacial score (nSPS) is 14.9. The first kappa shape index (κ1) is 25.5. The molecule has 5 rings (SSSR count). The Morgan fingerprint density at radius 2 is 1.63 bits per heavy atom. The Morgan fingerprint density at radius 1 is 0.947 bits per heavy atom. The number of carbonyl (C=O) groups excluding carboxylic acids is 1. The first-order valence-corrected chi connectivity index (χ1v) is 12.9. The van der Waals surface area contributed by atoms with Crippen molar-refractivity contribution in [3.05, 3.63) is 94.1 Å². The quantitative estimate of drug-likeness (QED) is 0.360. The van der Waals surface area contributed by atoms with Gasteiger partial charge in [0.2, 0.25) is 5.91 Å². The van der Waals surface area contributed by atoms with E-state index in [0.29, 0.717) is 22.3 Å². The Bertz CT molecular complexity index is 1510. The molecule has 1 atom stereocenters. The molecule has 3 aromatic carbocycles. The van der Waals surface area contributed by atoms with E-state index in [-0.39, 0.29) is 17.5 Å². The van der Waals surface area contributed by atoms with Gasteiger partial charge in [0, 0.05) is 56.8 Å². The third-order valence-corrected chi connectivity index (χ3v) is 7.44. The molecule has 0 bridgehead atoms. The number of anilines is 1. The highest BCUT2D eigenvalue weighted by Crippen LogP contribution is 2.35. The van der Waals surface area contributed by atoms with Gasteiger partial charge < -0.3 is 19.0 Å². The van der Waals surface area contributed by atoms with E-state index in [1.807, 2.05) is 67.7 Å². The zero-order chi connectivity index (χ0) is 26.8. The summed E-state index contributed by atoms with van der Waals surface area (Å²) in [4.78, 5) is 32.5. The van der Waals surface area contributed by atoms with Gasteiger partial charge in [-0.05, 0) is 25.1 Å². The first-order chi connectivity index (χ1) is 18.4. The van der Waals surface area contributed by atoms with Crippen LogP contribution in [0.5, 0.6) is 5.75 Å². The molecule has 0 saturated carbocycles. The zero-order valence-corrected chi connectivity index (χ0v) is 22.3. The number of hydrogen-bond acceptors (Lipinski definition) is 6. The second kappa shape index (κ2) is 10.7. The van der Waals surface area contributed by atoms with Gasteiger partial charge in [0.15, 0.2) is 5.43 Å². The zero-order valence-electron chi connectivity index (χ0n) is 22.3. The van der Waals surface area contributed by atoms with E-state index < -0.39 is 0 Å². The minimum absolute atomic E-state index is 0.0582. The van der Waals surface area contributed by atoms with Crippen LogP contribution in [0, 0.1) is 6.92 Å². The SMILES string of the molecule is COc1ccccc1N1CCN(C(c2cccc3c(=O)c(C)c(-c4ccccc4)oc23)N(C)C(C)=O)CC1. The Morgan fingerprint density at radius 3 is 2.32 bits per heavy atom. The van der Waals surface area contributed by atoms with Crippen LogP contribution in [0.15, 0.2) is 82.0 Å². The lowest BCUT2D eigenvalue weighted by molar-refractivity contribution is -0.133.